The summed E-state index contributed by atoms with van der Waals surface area (Å²) in [5.74, 6) is 0.793. The van der Waals surface area contributed by atoms with Crippen LogP contribution in [-0.2, 0) is 16.1 Å². The summed E-state index contributed by atoms with van der Waals surface area (Å²) in [6.07, 6.45) is 5.11. The number of alkyl carbamates (subject to hydrolysis) is 1. The van der Waals surface area contributed by atoms with Gasteiger partial charge in [0, 0.05) is 5.54 Å². The quantitative estimate of drug-likeness (QED) is 0.891. The summed E-state index contributed by atoms with van der Waals surface area (Å²) in [5, 5.41) is 3.11. The minimum atomic E-state index is -0.420. The van der Waals surface area contributed by atoms with Crippen LogP contribution in [0.15, 0.2) is 30.3 Å². The van der Waals surface area contributed by atoms with Crippen LogP contribution in [0.4, 0.5) is 4.79 Å². The second-order valence-electron chi connectivity index (χ2n) is 8.07. The molecule has 4 bridgehead atoms. The Morgan fingerprint density at radius 3 is 2.42 bits per heavy atom. The Labute approximate surface area is 141 Å². The zero-order chi connectivity index (χ0) is 16.8. The van der Waals surface area contributed by atoms with Gasteiger partial charge in [-0.15, -0.1) is 0 Å². The molecular formula is C19H24N2O3. The third-order valence-electron chi connectivity index (χ3n) is 6.16. The van der Waals surface area contributed by atoms with E-state index in [1.807, 2.05) is 30.3 Å². The standard InChI is InChI=1S/C19H24N2O3/c20-16(22)18-7-14-6-15(8-18)10-19(9-14,12-18)21-17(23)24-11-13-4-2-1-3-5-13/h1-5,14-15H,6-12H2,(H2,20,22)(H,21,23)/t14-,15?,18?,19?/m0/s1. The first-order valence-electron chi connectivity index (χ1n) is 8.77. The predicted molar refractivity (Wildman–Crippen MR) is 88.8 cm³/mol. The molecule has 128 valence electrons. The molecule has 4 aliphatic carbocycles. The molecular weight excluding hydrogens is 304 g/mol. The lowest BCUT2D eigenvalue weighted by Crippen LogP contribution is -2.65. The SMILES string of the molecule is NC(=O)C12CC3C[C@H](CC(NC(=O)OCc4ccccc4)(C3)C1)C2. The highest BCUT2D eigenvalue weighted by Crippen LogP contribution is 2.61. The van der Waals surface area contributed by atoms with Crippen LogP contribution in [0.5, 0.6) is 0 Å². The maximum atomic E-state index is 12.3. The van der Waals surface area contributed by atoms with E-state index in [-0.39, 0.29) is 24.1 Å². The van der Waals surface area contributed by atoms with Crippen LogP contribution in [0.1, 0.15) is 44.1 Å². The molecule has 0 heterocycles. The molecule has 4 saturated carbocycles. The van der Waals surface area contributed by atoms with Crippen LogP contribution >= 0.6 is 0 Å². The van der Waals surface area contributed by atoms with Crippen molar-refractivity contribution in [1.82, 2.24) is 5.32 Å². The number of nitrogens with one attached hydrogen (secondary N) is 1. The van der Waals surface area contributed by atoms with E-state index in [0.717, 1.165) is 37.7 Å². The van der Waals surface area contributed by atoms with Crippen LogP contribution < -0.4 is 11.1 Å². The van der Waals surface area contributed by atoms with E-state index in [2.05, 4.69) is 5.32 Å². The van der Waals surface area contributed by atoms with Gasteiger partial charge >= 0.3 is 6.09 Å². The number of hydrogen-bond donors (Lipinski definition) is 2. The largest absolute Gasteiger partial charge is 0.445 e. The predicted octanol–water partition coefficient (Wildman–Crippen LogP) is 2.74. The van der Waals surface area contributed by atoms with Crippen molar-refractivity contribution in [2.45, 2.75) is 50.7 Å². The van der Waals surface area contributed by atoms with Gasteiger partial charge in [0.1, 0.15) is 6.61 Å². The van der Waals surface area contributed by atoms with Crippen molar-refractivity contribution in [2.24, 2.45) is 23.0 Å². The lowest BCUT2D eigenvalue weighted by molar-refractivity contribution is -0.146. The molecule has 4 fully saturated rings. The minimum absolute atomic E-state index is 0.194. The molecule has 1 aromatic carbocycles. The molecule has 0 aromatic heterocycles. The molecule has 5 nitrogen and oxygen atoms in total. The molecule has 1 aromatic rings. The lowest BCUT2D eigenvalue weighted by Gasteiger charge is -2.60. The van der Waals surface area contributed by atoms with Gasteiger partial charge in [-0.05, 0) is 55.9 Å². The van der Waals surface area contributed by atoms with Gasteiger partial charge in [-0.3, -0.25) is 4.79 Å². The highest BCUT2D eigenvalue weighted by Gasteiger charge is 2.60. The first-order chi connectivity index (χ1) is 11.5. The van der Waals surface area contributed by atoms with E-state index >= 15 is 0 Å². The average molecular weight is 328 g/mol. The van der Waals surface area contributed by atoms with Crippen molar-refractivity contribution in [1.29, 1.82) is 0 Å². The van der Waals surface area contributed by atoms with Crippen molar-refractivity contribution in [3.8, 4) is 0 Å². The van der Waals surface area contributed by atoms with Crippen molar-refractivity contribution in [3.05, 3.63) is 35.9 Å². The maximum Gasteiger partial charge on any atom is 0.407 e. The number of amides is 2. The monoisotopic (exact) mass is 328 g/mol. The Balaban J connectivity index is 1.44. The topological polar surface area (TPSA) is 81.4 Å². The number of primary amides is 1. The first-order valence-corrected chi connectivity index (χ1v) is 8.77. The number of benzene rings is 1. The smallest absolute Gasteiger partial charge is 0.407 e. The van der Waals surface area contributed by atoms with Crippen LogP contribution in [-0.4, -0.2) is 17.5 Å². The minimum Gasteiger partial charge on any atom is -0.445 e. The van der Waals surface area contributed by atoms with Crippen LogP contribution in [0, 0.1) is 17.3 Å². The number of ether oxygens (including phenoxy) is 1. The van der Waals surface area contributed by atoms with Gasteiger partial charge in [0.2, 0.25) is 5.91 Å². The third kappa shape index (κ3) is 2.66. The number of hydrogen-bond acceptors (Lipinski definition) is 3. The van der Waals surface area contributed by atoms with Crippen molar-refractivity contribution in [3.63, 3.8) is 0 Å². The molecule has 0 aliphatic heterocycles. The number of carbonyl (C=O) groups excluding carboxylic acids is 2. The summed E-state index contributed by atoms with van der Waals surface area (Å²) in [5.41, 5.74) is 5.97. The zero-order valence-corrected chi connectivity index (χ0v) is 13.8. The molecule has 24 heavy (non-hydrogen) atoms. The van der Waals surface area contributed by atoms with Gasteiger partial charge < -0.3 is 15.8 Å². The fourth-order valence-electron chi connectivity index (χ4n) is 5.67. The Morgan fingerprint density at radius 1 is 1.12 bits per heavy atom. The fraction of sp³-hybridized carbons (Fsp3) is 0.579. The van der Waals surface area contributed by atoms with Crippen LogP contribution in [0.2, 0.25) is 0 Å². The van der Waals surface area contributed by atoms with Gasteiger partial charge in [0.15, 0.2) is 0 Å². The van der Waals surface area contributed by atoms with Crippen molar-refractivity contribution < 1.29 is 14.3 Å². The Hall–Kier alpha value is -2.04. The van der Waals surface area contributed by atoms with Gasteiger partial charge in [0.25, 0.3) is 0 Å². The summed E-state index contributed by atoms with van der Waals surface area (Å²) in [4.78, 5) is 24.4. The van der Waals surface area contributed by atoms with Crippen molar-refractivity contribution in [2.75, 3.05) is 0 Å². The Morgan fingerprint density at radius 2 is 1.79 bits per heavy atom. The van der Waals surface area contributed by atoms with Gasteiger partial charge in [0.05, 0.1) is 5.41 Å². The average Bonchev–Trinajstić information content (AvgIpc) is 2.52. The molecule has 3 unspecified atom stereocenters. The molecule has 3 N–H and O–H groups in total. The highest BCUT2D eigenvalue weighted by molar-refractivity contribution is 5.82. The van der Waals surface area contributed by atoms with Crippen LogP contribution in [0.3, 0.4) is 0 Å². The van der Waals surface area contributed by atoms with Gasteiger partial charge in [-0.1, -0.05) is 30.3 Å². The van der Waals surface area contributed by atoms with E-state index in [1.54, 1.807) is 0 Å². The van der Waals surface area contributed by atoms with Crippen LogP contribution in [0.25, 0.3) is 0 Å². The summed E-state index contributed by atoms with van der Waals surface area (Å²) >= 11 is 0. The van der Waals surface area contributed by atoms with E-state index in [1.165, 1.54) is 0 Å². The summed E-state index contributed by atoms with van der Waals surface area (Å²) in [6, 6.07) is 9.64. The lowest BCUT2D eigenvalue weighted by atomic mass is 9.46. The summed E-state index contributed by atoms with van der Waals surface area (Å²) in [7, 11) is 0. The zero-order valence-electron chi connectivity index (χ0n) is 13.8. The highest BCUT2D eigenvalue weighted by atomic mass is 16.5. The van der Waals surface area contributed by atoms with E-state index in [0.29, 0.717) is 18.3 Å². The Bertz CT molecular complexity index is 644. The summed E-state index contributed by atoms with van der Waals surface area (Å²) < 4.78 is 5.39. The normalized spacial score (nSPS) is 36.3. The molecule has 0 saturated heterocycles. The molecule has 2 amide bonds. The van der Waals surface area contributed by atoms with E-state index in [4.69, 9.17) is 10.5 Å². The fourth-order valence-corrected chi connectivity index (χ4v) is 5.67. The molecule has 4 aliphatic rings. The number of nitrogens with two attached hydrogens (primary N) is 1. The maximum absolute atomic E-state index is 12.3. The second kappa shape index (κ2) is 5.50. The first kappa shape index (κ1) is 15.5. The molecule has 5 heteroatoms. The molecule has 5 rings (SSSR count). The molecule has 0 spiro atoms. The van der Waals surface area contributed by atoms with Gasteiger partial charge in [-0.25, -0.2) is 4.79 Å². The van der Waals surface area contributed by atoms with Gasteiger partial charge in [-0.2, -0.15) is 0 Å². The van der Waals surface area contributed by atoms with E-state index < -0.39 is 5.41 Å². The number of rotatable bonds is 4. The number of carbonyl (C=O) groups is 2. The Kier molecular flexibility index (Phi) is 3.55. The second-order valence-corrected chi connectivity index (χ2v) is 8.07. The third-order valence-corrected chi connectivity index (χ3v) is 6.16. The van der Waals surface area contributed by atoms with E-state index in [9.17, 15) is 9.59 Å². The van der Waals surface area contributed by atoms with Crippen molar-refractivity contribution >= 4 is 12.0 Å². The summed E-state index contributed by atoms with van der Waals surface area (Å²) in [6.45, 7) is 0.260. The molecule has 4 atom stereocenters. The molecule has 0 radical (unpaired) electrons.